The molecule has 0 atom stereocenters. The molecule has 1 N–H and O–H groups in total. The topological polar surface area (TPSA) is 142 Å². The second-order valence-corrected chi connectivity index (χ2v) is 7.69. The molecule has 3 aromatic rings. The fraction of sp³-hybridized carbons (Fsp3) is 0.238. The van der Waals surface area contributed by atoms with E-state index >= 15 is 0 Å². The number of nitro groups is 2. The van der Waals surface area contributed by atoms with Gasteiger partial charge in [0.05, 0.1) is 28.1 Å². The van der Waals surface area contributed by atoms with Gasteiger partial charge in [0.2, 0.25) is 5.91 Å². The molecule has 2 aromatic carbocycles. The van der Waals surface area contributed by atoms with Crippen LogP contribution < -0.4 is 10.1 Å². The van der Waals surface area contributed by atoms with Crippen LogP contribution in [0.1, 0.15) is 23.4 Å². The number of nitrogens with one attached hydrogen (secondary N) is 1. The molecule has 0 radical (unpaired) electrons. The van der Waals surface area contributed by atoms with Gasteiger partial charge in [-0.2, -0.15) is 5.10 Å². The fourth-order valence-corrected chi connectivity index (χ4v) is 3.35. The van der Waals surface area contributed by atoms with Gasteiger partial charge < -0.3 is 10.1 Å². The normalized spacial score (nSPS) is 10.7. The third kappa shape index (κ3) is 5.63. The van der Waals surface area contributed by atoms with E-state index in [-0.39, 0.29) is 41.5 Å². The number of halogens is 1. The quantitative estimate of drug-likeness (QED) is 0.354. The number of ether oxygens (including phenoxy) is 1. The van der Waals surface area contributed by atoms with Gasteiger partial charge in [0, 0.05) is 23.6 Å². The van der Waals surface area contributed by atoms with Crippen molar-refractivity contribution < 1.29 is 19.4 Å². The molecule has 1 amide bonds. The molecule has 1 heterocycles. The molecule has 3 rings (SSSR count). The van der Waals surface area contributed by atoms with E-state index in [0.29, 0.717) is 16.5 Å². The smallest absolute Gasteiger partial charge is 0.312 e. The van der Waals surface area contributed by atoms with Crippen LogP contribution in [0.4, 0.5) is 17.1 Å². The summed E-state index contributed by atoms with van der Waals surface area (Å²) in [5, 5.41) is 29.7. The molecule has 0 aliphatic heterocycles. The summed E-state index contributed by atoms with van der Waals surface area (Å²) in [6.07, 6.45) is -0.0472. The number of non-ortho nitro benzene ring substituents is 1. The van der Waals surface area contributed by atoms with Gasteiger partial charge in [-0.05, 0) is 44.5 Å². The van der Waals surface area contributed by atoms with Gasteiger partial charge in [-0.3, -0.25) is 29.7 Å². The number of nitrogens with zero attached hydrogens (tertiary/aromatic N) is 4. The number of carbonyl (C=O) groups excluding carboxylic acids is 1. The van der Waals surface area contributed by atoms with Crippen LogP contribution >= 0.6 is 11.6 Å². The first-order chi connectivity index (χ1) is 15.5. The molecule has 33 heavy (non-hydrogen) atoms. The van der Waals surface area contributed by atoms with Gasteiger partial charge in [0.15, 0.2) is 0 Å². The molecule has 12 heteroatoms. The summed E-state index contributed by atoms with van der Waals surface area (Å²) in [4.78, 5) is 33.8. The molecular weight excluding hydrogens is 454 g/mol. The molecule has 0 spiro atoms. The molecule has 1 aromatic heterocycles. The van der Waals surface area contributed by atoms with Gasteiger partial charge in [-0.25, -0.2) is 0 Å². The summed E-state index contributed by atoms with van der Waals surface area (Å²) in [6, 6.07) is 8.88. The molecule has 11 nitrogen and oxygen atoms in total. The van der Waals surface area contributed by atoms with Crippen molar-refractivity contribution in [2.45, 2.75) is 33.7 Å². The lowest BCUT2D eigenvalue weighted by molar-refractivity contribution is -0.386. The summed E-state index contributed by atoms with van der Waals surface area (Å²) in [6.45, 7) is 4.98. The number of nitro benzene ring substituents is 1. The summed E-state index contributed by atoms with van der Waals surface area (Å²) in [7, 11) is 0. The maximum absolute atomic E-state index is 12.4. The second kappa shape index (κ2) is 9.65. The van der Waals surface area contributed by atoms with E-state index in [4.69, 9.17) is 16.3 Å². The number of hydrogen-bond acceptors (Lipinski definition) is 7. The Hall–Kier alpha value is -3.99. The first-order valence-electron chi connectivity index (χ1n) is 9.77. The van der Waals surface area contributed by atoms with Gasteiger partial charge in [0.1, 0.15) is 22.9 Å². The van der Waals surface area contributed by atoms with E-state index in [1.54, 1.807) is 32.0 Å². The number of aryl methyl sites for hydroxylation is 3. The molecule has 0 aliphatic rings. The zero-order valence-corrected chi connectivity index (χ0v) is 18.8. The zero-order valence-electron chi connectivity index (χ0n) is 18.0. The van der Waals surface area contributed by atoms with Crippen molar-refractivity contribution in [2.75, 3.05) is 5.32 Å². The number of amides is 1. The summed E-state index contributed by atoms with van der Waals surface area (Å²) >= 11 is 6.01. The number of anilines is 1. The van der Waals surface area contributed by atoms with Crippen LogP contribution in [0.3, 0.4) is 0 Å². The summed E-state index contributed by atoms with van der Waals surface area (Å²) in [5.74, 6) is 0.148. The Bertz CT molecular complexity index is 1260. The Morgan fingerprint density at radius 2 is 1.82 bits per heavy atom. The molecule has 0 aliphatic carbocycles. The van der Waals surface area contributed by atoms with E-state index in [1.807, 2.05) is 0 Å². The summed E-state index contributed by atoms with van der Waals surface area (Å²) < 4.78 is 7.11. The Kier molecular flexibility index (Phi) is 6.92. The van der Waals surface area contributed by atoms with Crippen molar-refractivity contribution in [1.82, 2.24) is 9.78 Å². The van der Waals surface area contributed by atoms with Crippen LogP contribution in [0.2, 0.25) is 5.02 Å². The van der Waals surface area contributed by atoms with E-state index in [2.05, 4.69) is 10.4 Å². The van der Waals surface area contributed by atoms with Gasteiger partial charge in [0.25, 0.3) is 5.69 Å². The van der Waals surface area contributed by atoms with Crippen molar-refractivity contribution in [3.63, 3.8) is 0 Å². The predicted molar refractivity (Wildman–Crippen MR) is 121 cm³/mol. The van der Waals surface area contributed by atoms with Crippen LogP contribution in [-0.2, 0) is 11.3 Å². The third-order valence-corrected chi connectivity index (χ3v) is 5.25. The number of benzene rings is 2. The van der Waals surface area contributed by atoms with Gasteiger partial charge in [-0.1, -0.05) is 11.6 Å². The van der Waals surface area contributed by atoms with Crippen LogP contribution in [0, 0.1) is 41.0 Å². The van der Waals surface area contributed by atoms with Crippen molar-refractivity contribution in [3.05, 3.63) is 78.6 Å². The minimum atomic E-state index is -0.593. The van der Waals surface area contributed by atoms with E-state index in [9.17, 15) is 25.0 Å². The monoisotopic (exact) mass is 473 g/mol. The standard InChI is InChI=1S/C21H20ClN5O6/c1-12-8-17(4-5-19(12)22)33-18-10-15(9-16(11-18)26(29)30)23-20(28)6-7-25-14(3)21(27(31)32)13(2)24-25/h4-5,8-11H,6-7H2,1-3H3,(H,23,28). The van der Waals surface area contributed by atoms with Crippen molar-refractivity contribution in [3.8, 4) is 11.5 Å². The molecule has 0 bridgehead atoms. The van der Waals surface area contributed by atoms with Crippen LogP contribution in [0.5, 0.6) is 11.5 Å². The number of rotatable bonds is 8. The zero-order chi connectivity index (χ0) is 24.3. The average Bonchev–Trinajstić information content (AvgIpc) is 3.02. The van der Waals surface area contributed by atoms with Gasteiger partial charge in [-0.15, -0.1) is 0 Å². The summed E-state index contributed by atoms with van der Waals surface area (Å²) in [5.41, 5.74) is 1.20. The molecule has 172 valence electrons. The highest BCUT2D eigenvalue weighted by Crippen LogP contribution is 2.31. The Morgan fingerprint density at radius 1 is 1.09 bits per heavy atom. The maximum Gasteiger partial charge on any atom is 0.312 e. The van der Waals surface area contributed by atoms with Crippen LogP contribution in [0.15, 0.2) is 36.4 Å². The number of carbonyl (C=O) groups is 1. The minimum absolute atomic E-state index is 0.0472. The maximum atomic E-state index is 12.4. The molecule has 0 saturated carbocycles. The molecule has 0 saturated heterocycles. The van der Waals surface area contributed by atoms with Gasteiger partial charge >= 0.3 is 5.69 Å². The van der Waals surface area contributed by atoms with Crippen LogP contribution in [0.25, 0.3) is 0 Å². The second-order valence-electron chi connectivity index (χ2n) is 7.28. The van der Waals surface area contributed by atoms with Crippen molar-refractivity contribution >= 4 is 34.6 Å². The molecule has 0 fully saturated rings. The predicted octanol–water partition coefficient (Wildman–Crippen LogP) is 5.10. The Labute approximate surface area is 193 Å². The van der Waals surface area contributed by atoms with Crippen molar-refractivity contribution in [1.29, 1.82) is 0 Å². The third-order valence-electron chi connectivity index (χ3n) is 4.83. The minimum Gasteiger partial charge on any atom is -0.457 e. The SMILES string of the molecule is Cc1cc(Oc2cc(NC(=O)CCn3nc(C)c([N+](=O)[O-])c3C)cc([N+](=O)[O-])c2)ccc1Cl. The first kappa shape index (κ1) is 23.7. The number of aromatic nitrogens is 2. The number of hydrogen-bond donors (Lipinski definition) is 1. The highest BCUT2D eigenvalue weighted by molar-refractivity contribution is 6.31. The first-order valence-corrected chi connectivity index (χ1v) is 10.1. The fourth-order valence-electron chi connectivity index (χ4n) is 3.24. The average molecular weight is 474 g/mol. The Balaban J connectivity index is 1.75. The lowest BCUT2D eigenvalue weighted by Crippen LogP contribution is -2.16. The lowest BCUT2D eigenvalue weighted by atomic mass is 10.2. The van der Waals surface area contributed by atoms with E-state index in [0.717, 1.165) is 5.56 Å². The Morgan fingerprint density at radius 3 is 2.42 bits per heavy atom. The van der Waals surface area contributed by atoms with Crippen molar-refractivity contribution in [2.24, 2.45) is 0 Å². The highest BCUT2D eigenvalue weighted by Gasteiger charge is 2.22. The van der Waals surface area contributed by atoms with E-state index < -0.39 is 15.8 Å². The lowest BCUT2D eigenvalue weighted by Gasteiger charge is -2.10. The van der Waals surface area contributed by atoms with Crippen LogP contribution in [-0.4, -0.2) is 25.5 Å². The van der Waals surface area contributed by atoms with E-state index in [1.165, 1.54) is 29.8 Å². The molecular formula is C21H20ClN5O6. The molecule has 0 unspecified atom stereocenters. The largest absolute Gasteiger partial charge is 0.457 e. The highest BCUT2D eigenvalue weighted by atomic mass is 35.5.